The fourth-order valence-electron chi connectivity index (χ4n) is 6.40. The molecule has 0 saturated carbocycles. The third kappa shape index (κ3) is 4.05. The average molecular weight is 556 g/mol. The first-order valence-corrected chi connectivity index (χ1v) is 14.0. The minimum absolute atomic E-state index is 0.243. The van der Waals surface area contributed by atoms with Gasteiger partial charge >= 0.3 is 0 Å². The Morgan fingerprint density at radius 2 is 1.29 bits per heavy atom. The molecule has 0 bridgehead atoms. The Morgan fingerprint density at radius 3 is 1.86 bits per heavy atom. The molecule has 3 aromatic carbocycles. The van der Waals surface area contributed by atoms with Gasteiger partial charge in [-0.05, 0) is 51.0 Å². The summed E-state index contributed by atoms with van der Waals surface area (Å²) in [7, 11) is 2.09. The van der Waals surface area contributed by atoms with E-state index in [1.807, 2.05) is 22.8 Å². The Balaban J connectivity index is 1.48. The Morgan fingerprint density at radius 1 is 0.762 bits per heavy atom. The van der Waals surface area contributed by atoms with E-state index in [4.69, 9.17) is 0 Å². The van der Waals surface area contributed by atoms with E-state index in [-0.39, 0.29) is 16.4 Å². The van der Waals surface area contributed by atoms with Gasteiger partial charge in [-0.3, -0.25) is 14.4 Å². The molecule has 3 heterocycles. The molecule has 0 unspecified atom stereocenters. The molecule has 208 valence electrons. The molecular formula is C36H33N3O3+2. The number of amides is 3. The number of hydrogen-bond donors (Lipinski definition) is 0. The standard InChI is InChI=1S/C36H33N3O3/c1-35(2)26-11-7-9-13-28(26)37(5)30(35)21-25(22-31-36(3,4)27-12-8-10-14-29(27)38(31)6)23-15-17-24(18-16-23)34(42)39-32(40)19-20-33(39)41/h7-22H,5H2,1-4,6H3/q+2. The van der Waals surface area contributed by atoms with Gasteiger partial charge < -0.3 is 0 Å². The first-order chi connectivity index (χ1) is 19.9. The molecule has 0 atom stereocenters. The molecule has 3 aliphatic heterocycles. The van der Waals surface area contributed by atoms with Crippen molar-refractivity contribution in [2.45, 2.75) is 38.5 Å². The number of imide groups is 3. The number of carbonyl (C=O) groups excluding carboxylic acids is 3. The van der Waals surface area contributed by atoms with Gasteiger partial charge in [0.2, 0.25) is 11.4 Å². The van der Waals surface area contributed by atoms with Crippen LogP contribution in [0.1, 0.15) is 54.7 Å². The number of nitrogens with zero attached hydrogens (tertiary/aromatic N) is 3. The predicted octanol–water partition coefficient (Wildman–Crippen LogP) is 6.06. The number of carbonyl (C=O) groups is 3. The average Bonchev–Trinajstić information content (AvgIpc) is 3.49. The van der Waals surface area contributed by atoms with Crippen LogP contribution < -0.4 is 0 Å². The van der Waals surface area contributed by atoms with Gasteiger partial charge in [-0.25, -0.2) is 4.90 Å². The normalized spacial score (nSPS) is 19.6. The van der Waals surface area contributed by atoms with Gasteiger partial charge in [0.1, 0.15) is 13.8 Å². The summed E-state index contributed by atoms with van der Waals surface area (Å²) in [6.45, 7) is 13.3. The lowest BCUT2D eigenvalue weighted by molar-refractivity contribution is -0.401. The van der Waals surface area contributed by atoms with Crippen LogP contribution in [0.3, 0.4) is 0 Å². The van der Waals surface area contributed by atoms with Gasteiger partial charge in [-0.2, -0.15) is 9.15 Å². The van der Waals surface area contributed by atoms with Crippen molar-refractivity contribution in [2.75, 3.05) is 7.05 Å². The summed E-state index contributed by atoms with van der Waals surface area (Å²) in [5.41, 5.74) is 8.47. The van der Waals surface area contributed by atoms with Crippen LogP contribution in [0.2, 0.25) is 0 Å². The van der Waals surface area contributed by atoms with E-state index in [0.717, 1.165) is 40.4 Å². The van der Waals surface area contributed by atoms with Crippen molar-refractivity contribution in [3.63, 3.8) is 0 Å². The molecule has 0 saturated heterocycles. The third-order valence-corrected chi connectivity index (χ3v) is 8.80. The second kappa shape index (κ2) is 9.55. The maximum atomic E-state index is 13.0. The minimum atomic E-state index is -0.636. The zero-order chi connectivity index (χ0) is 30.0. The number of para-hydroxylation sites is 2. The molecular weight excluding hydrogens is 522 g/mol. The maximum Gasteiger partial charge on any atom is 0.267 e. The Bertz CT molecular complexity index is 1830. The summed E-state index contributed by atoms with van der Waals surface area (Å²) < 4.78 is 4.24. The molecule has 3 aromatic rings. The molecule has 0 aliphatic carbocycles. The lowest BCUT2D eigenvalue weighted by atomic mass is 9.80. The molecule has 3 aliphatic rings. The lowest BCUT2D eigenvalue weighted by Gasteiger charge is -2.18. The molecule has 0 spiro atoms. The number of allylic oxidation sites excluding steroid dienone is 4. The molecule has 6 nitrogen and oxygen atoms in total. The minimum Gasteiger partial charge on any atom is -0.269 e. The number of benzene rings is 3. The van der Waals surface area contributed by atoms with Crippen LogP contribution >= 0.6 is 0 Å². The van der Waals surface area contributed by atoms with Crippen LogP contribution in [-0.2, 0) is 20.4 Å². The first kappa shape index (κ1) is 27.2. The summed E-state index contributed by atoms with van der Waals surface area (Å²) in [6, 6.07) is 23.8. The van der Waals surface area contributed by atoms with Crippen LogP contribution in [0.15, 0.2) is 103 Å². The molecule has 6 rings (SSSR count). The zero-order valence-corrected chi connectivity index (χ0v) is 24.5. The number of fused-ring (bicyclic) bond motifs is 2. The number of rotatable bonds is 4. The first-order valence-electron chi connectivity index (χ1n) is 14.0. The predicted molar refractivity (Wildman–Crippen MR) is 165 cm³/mol. The van der Waals surface area contributed by atoms with Gasteiger partial charge in [-0.1, -0.05) is 48.5 Å². The van der Waals surface area contributed by atoms with Crippen LogP contribution in [0, 0.1) is 0 Å². The molecule has 3 amide bonds. The SMILES string of the molecule is C=[N+]1C(=CC(=CC2=[N+](C)c3ccccc3C2(C)C)c2ccc(C(=O)N3C(=O)C=CC3=O)cc2)C(C)(C)c2ccccc21. The third-order valence-electron chi connectivity index (χ3n) is 8.80. The quantitative estimate of drug-likeness (QED) is 0.290. The zero-order valence-electron chi connectivity index (χ0n) is 24.5. The molecule has 0 aromatic heterocycles. The van der Waals surface area contributed by atoms with E-state index in [9.17, 15) is 14.4 Å². The molecule has 0 radical (unpaired) electrons. The highest BCUT2D eigenvalue weighted by Crippen LogP contribution is 2.47. The maximum absolute atomic E-state index is 13.0. The Hall–Kier alpha value is -4.97. The van der Waals surface area contributed by atoms with Gasteiger partial charge in [0.05, 0.1) is 10.8 Å². The van der Waals surface area contributed by atoms with E-state index >= 15 is 0 Å². The second-order valence-electron chi connectivity index (χ2n) is 12.0. The Kier molecular flexibility index (Phi) is 6.19. The highest BCUT2D eigenvalue weighted by molar-refractivity contribution is 6.25. The van der Waals surface area contributed by atoms with Crippen molar-refractivity contribution in [3.05, 3.63) is 125 Å². The summed E-state index contributed by atoms with van der Waals surface area (Å²) in [5.74, 6) is -1.89. The highest BCUT2D eigenvalue weighted by atomic mass is 16.2. The van der Waals surface area contributed by atoms with E-state index in [1.165, 1.54) is 16.8 Å². The van der Waals surface area contributed by atoms with Gasteiger partial charge in [-0.15, -0.1) is 0 Å². The largest absolute Gasteiger partial charge is 0.269 e. The van der Waals surface area contributed by atoms with Gasteiger partial charge in [0.25, 0.3) is 17.7 Å². The Labute approximate surface area is 245 Å². The van der Waals surface area contributed by atoms with Crippen molar-refractivity contribution in [1.82, 2.24) is 4.90 Å². The van der Waals surface area contributed by atoms with E-state index in [0.29, 0.717) is 4.90 Å². The second-order valence-corrected chi connectivity index (χ2v) is 12.0. The van der Waals surface area contributed by atoms with E-state index < -0.39 is 17.7 Å². The van der Waals surface area contributed by atoms with Crippen molar-refractivity contribution in [1.29, 1.82) is 0 Å². The summed E-state index contributed by atoms with van der Waals surface area (Å²) >= 11 is 0. The van der Waals surface area contributed by atoms with Crippen molar-refractivity contribution < 1.29 is 23.5 Å². The molecule has 0 fully saturated rings. The topological polar surface area (TPSA) is 60.5 Å². The summed E-state index contributed by atoms with van der Waals surface area (Å²) in [5, 5.41) is 0. The fourth-order valence-corrected chi connectivity index (χ4v) is 6.40. The molecule has 0 N–H and O–H groups in total. The van der Waals surface area contributed by atoms with Crippen LogP contribution in [0.4, 0.5) is 11.4 Å². The van der Waals surface area contributed by atoms with Crippen LogP contribution in [-0.4, -0.2) is 51.2 Å². The van der Waals surface area contributed by atoms with Crippen molar-refractivity contribution >= 4 is 47.1 Å². The van der Waals surface area contributed by atoms with E-state index in [1.54, 1.807) is 12.1 Å². The highest BCUT2D eigenvalue weighted by Gasteiger charge is 2.46. The van der Waals surface area contributed by atoms with Gasteiger partial charge in [0.15, 0.2) is 11.4 Å². The molecule has 6 heteroatoms. The molecule has 42 heavy (non-hydrogen) atoms. The lowest BCUT2D eigenvalue weighted by Crippen LogP contribution is -2.36. The fraction of sp³-hybridized carbons (Fsp3) is 0.194. The van der Waals surface area contributed by atoms with Crippen molar-refractivity contribution in [3.8, 4) is 0 Å². The summed E-state index contributed by atoms with van der Waals surface area (Å²) in [6.07, 6.45) is 6.63. The van der Waals surface area contributed by atoms with E-state index in [2.05, 4.69) is 101 Å². The summed E-state index contributed by atoms with van der Waals surface area (Å²) in [4.78, 5) is 37.9. The van der Waals surface area contributed by atoms with Crippen molar-refractivity contribution in [2.24, 2.45) is 0 Å². The van der Waals surface area contributed by atoms with Crippen LogP contribution in [0.5, 0.6) is 0 Å². The van der Waals surface area contributed by atoms with Crippen LogP contribution in [0.25, 0.3) is 5.57 Å². The van der Waals surface area contributed by atoms with Gasteiger partial charge in [0, 0.05) is 53.1 Å². The monoisotopic (exact) mass is 555 g/mol. The smallest absolute Gasteiger partial charge is 0.267 e. The number of hydrogen-bond acceptors (Lipinski definition) is 3.